The molecule has 2 aromatic carbocycles. The summed E-state index contributed by atoms with van der Waals surface area (Å²) in [6, 6.07) is 12.6. The summed E-state index contributed by atoms with van der Waals surface area (Å²) in [4.78, 5) is 27.0. The molecule has 0 radical (unpaired) electrons. The Balaban J connectivity index is 1.32. The molecule has 3 aliphatic heterocycles. The standard InChI is InChI=1S/C29H31FN2O4/c1-4-35-28(34)20-11-13-32(14-12-20)17-18-5-7-19(8-6-18)23-16-25(36-29(23,2)3)26-22-15-21(30)9-10-24(22)31-27(26)33/h5-10,15-16,20H,4,11-14,17H2,1-3H3,(H,31,33). The quantitative estimate of drug-likeness (QED) is 0.463. The van der Waals surface area contributed by atoms with Crippen LogP contribution in [0, 0.1) is 11.7 Å². The van der Waals surface area contributed by atoms with Crippen molar-refractivity contribution >= 4 is 28.7 Å². The first-order valence-corrected chi connectivity index (χ1v) is 12.5. The molecular formula is C29H31FN2O4. The number of allylic oxidation sites excluding steroid dienone is 1. The maximum absolute atomic E-state index is 13.9. The lowest BCUT2D eigenvalue weighted by Gasteiger charge is -2.30. The third-order valence-corrected chi connectivity index (χ3v) is 7.14. The topological polar surface area (TPSA) is 67.9 Å². The lowest BCUT2D eigenvalue weighted by Crippen LogP contribution is -2.36. The van der Waals surface area contributed by atoms with Crippen molar-refractivity contribution in [1.29, 1.82) is 0 Å². The number of fused-ring (bicyclic) bond motifs is 1. The fourth-order valence-electron chi connectivity index (χ4n) is 5.24. The van der Waals surface area contributed by atoms with Gasteiger partial charge in [-0.2, -0.15) is 0 Å². The predicted octanol–water partition coefficient (Wildman–Crippen LogP) is 5.16. The minimum Gasteiger partial charge on any atom is -0.482 e. The van der Waals surface area contributed by atoms with Gasteiger partial charge in [0.1, 0.15) is 17.2 Å². The first-order valence-electron chi connectivity index (χ1n) is 12.5. The molecule has 7 heteroatoms. The molecule has 6 nitrogen and oxygen atoms in total. The Kier molecular flexibility index (Phi) is 6.43. The van der Waals surface area contributed by atoms with Gasteiger partial charge in [-0.1, -0.05) is 24.3 Å². The Bertz CT molecular complexity index is 1250. The Labute approximate surface area is 210 Å². The van der Waals surface area contributed by atoms with Crippen LogP contribution in [0.4, 0.5) is 10.1 Å². The molecule has 188 valence electrons. The van der Waals surface area contributed by atoms with Crippen LogP contribution in [0.1, 0.15) is 50.3 Å². The maximum Gasteiger partial charge on any atom is 0.309 e. The Hall–Kier alpha value is -3.45. The molecule has 1 fully saturated rings. The maximum atomic E-state index is 13.9. The Morgan fingerprint density at radius 1 is 1.17 bits per heavy atom. The van der Waals surface area contributed by atoms with E-state index in [0.29, 0.717) is 29.2 Å². The van der Waals surface area contributed by atoms with E-state index in [1.807, 2.05) is 26.8 Å². The largest absolute Gasteiger partial charge is 0.482 e. The number of piperidine rings is 1. The van der Waals surface area contributed by atoms with Crippen molar-refractivity contribution in [3.05, 3.63) is 76.8 Å². The van der Waals surface area contributed by atoms with Gasteiger partial charge >= 0.3 is 5.97 Å². The highest BCUT2D eigenvalue weighted by Crippen LogP contribution is 2.44. The van der Waals surface area contributed by atoms with Crippen LogP contribution in [0.25, 0.3) is 11.1 Å². The van der Waals surface area contributed by atoms with E-state index in [2.05, 4.69) is 34.5 Å². The number of ether oxygens (including phenoxy) is 2. The highest BCUT2D eigenvalue weighted by atomic mass is 19.1. The van der Waals surface area contributed by atoms with Gasteiger partial charge in [-0.15, -0.1) is 0 Å². The monoisotopic (exact) mass is 490 g/mol. The summed E-state index contributed by atoms with van der Waals surface area (Å²) < 4.78 is 25.3. The molecule has 1 N–H and O–H groups in total. The van der Waals surface area contributed by atoms with Gasteiger partial charge in [-0.3, -0.25) is 14.5 Å². The number of hydrogen-bond donors (Lipinski definition) is 1. The summed E-state index contributed by atoms with van der Waals surface area (Å²) in [7, 11) is 0. The highest BCUT2D eigenvalue weighted by Gasteiger charge is 2.38. The van der Waals surface area contributed by atoms with Crippen molar-refractivity contribution < 1.29 is 23.5 Å². The fourth-order valence-corrected chi connectivity index (χ4v) is 5.24. The van der Waals surface area contributed by atoms with E-state index in [0.717, 1.165) is 43.6 Å². The summed E-state index contributed by atoms with van der Waals surface area (Å²) in [6.07, 6.45) is 3.55. The van der Waals surface area contributed by atoms with Crippen LogP contribution >= 0.6 is 0 Å². The number of nitrogens with zero attached hydrogens (tertiary/aromatic N) is 1. The van der Waals surface area contributed by atoms with E-state index in [1.54, 1.807) is 6.07 Å². The minimum atomic E-state index is -0.644. The van der Waals surface area contributed by atoms with Crippen molar-refractivity contribution in [2.24, 2.45) is 5.92 Å². The third-order valence-electron chi connectivity index (χ3n) is 7.14. The number of likely N-dealkylation sites (tertiary alicyclic amines) is 1. The summed E-state index contributed by atoms with van der Waals surface area (Å²) in [5.41, 5.74) is 3.99. The molecule has 3 heterocycles. The van der Waals surface area contributed by atoms with Crippen LogP contribution < -0.4 is 5.32 Å². The highest BCUT2D eigenvalue weighted by molar-refractivity contribution is 6.32. The first-order chi connectivity index (χ1) is 17.2. The van der Waals surface area contributed by atoms with E-state index < -0.39 is 11.4 Å². The van der Waals surface area contributed by atoms with Gasteiger partial charge in [0, 0.05) is 23.4 Å². The van der Waals surface area contributed by atoms with E-state index in [9.17, 15) is 14.0 Å². The number of benzene rings is 2. The van der Waals surface area contributed by atoms with Gasteiger partial charge in [0.15, 0.2) is 0 Å². The van der Waals surface area contributed by atoms with E-state index in [1.165, 1.54) is 17.7 Å². The zero-order valence-electron chi connectivity index (χ0n) is 20.9. The average molecular weight is 491 g/mol. The van der Waals surface area contributed by atoms with Crippen LogP contribution in [0.15, 0.2) is 54.3 Å². The molecule has 0 atom stereocenters. The lowest BCUT2D eigenvalue weighted by molar-refractivity contribution is -0.149. The van der Waals surface area contributed by atoms with Gasteiger partial charge in [-0.05, 0) is 82.1 Å². The van der Waals surface area contributed by atoms with Gasteiger partial charge in [0.05, 0.1) is 18.1 Å². The van der Waals surface area contributed by atoms with Crippen LogP contribution in [-0.2, 0) is 25.6 Å². The minimum absolute atomic E-state index is 0.00818. The number of hydrogen-bond acceptors (Lipinski definition) is 5. The molecule has 1 amide bonds. The molecule has 1 saturated heterocycles. The molecule has 0 unspecified atom stereocenters. The van der Waals surface area contributed by atoms with Gasteiger partial charge < -0.3 is 14.8 Å². The Morgan fingerprint density at radius 3 is 2.58 bits per heavy atom. The summed E-state index contributed by atoms with van der Waals surface area (Å²) in [5.74, 6) is -0.306. The second-order valence-electron chi connectivity index (χ2n) is 10.1. The van der Waals surface area contributed by atoms with Crippen LogP contribution in [0.2, 0.25) is 0 Å². The third kappa shape index (κ3) is 4.67. The molecule has 0 aliphatic carbocycles. The number of carbonyl (C=O) groups is 2. The number of esters is 1. The van der Waals surface area contributed by atoms with E-state index >= 15 is 0 Å². The van der Waals surface area contributed by atoms with Crippen molar-refractivity contribution in [2.75, 3.05) is 25.0 Å². The van der Waals surface area contributed by atoms with Crippen molar-refractivity contribution in [1.82, 2.24) is 4.90 Å². The van der Waals surface area contributed by atoms with E-state index in [-0.39, 0.29) is 17.8 Å². The SMILES string of the molecule is CCOC(=O)C1CCN(Cc2ccc(C3=CC(=C4C(=O)Nc5ccc(F)cc54)OC3(C)C)cc2)CC1. The van der Waals surface area contributed by atoms with Crippen molar-refractivity contribution in [3.63, 3.8) is 0 Å². The van der Waals surface area contributed by atoms with Gasteiger partial charge in [0.2, 0.25) is 0 Å². The molecule has 2 aromatic rings. The second kappa shape index (κ2) is 9.54. The molecule has 0 spiro atoms. The summed E-state index contributed by atoms with van der Waals surface area (Å²) >= 11 is 0. The average Bonchev–Trinajstić information content (AvgIpc) is 3.34. The normalized spacial score (nSPS) is 21.6. The number of anilines is 1. The van der Waals surface area contributed by atoms with Crippen LogP contribution in [-0.4, -0.2) is 42.1 Å². The van der Waals surface area contributed by atoms with E-state index in [4.69, 9.17) is 9.47 Å². The molecular weight excluding hydrogens is 459 g/mol. The zero-order valence-corrected chi connectivity index (χ0v) is 20.9. The van der Waals surface area contributed by atoms with Crippen molar-refractivity contribution in [2.45, 2.75) is 45.8 Å². The molecule has 5 rings (SSSR count). The van der Waals surface area contributed by atoms with Crippen LogP contribution in [0.3, 0.4) is 0 Å². The molecule has 0 bridgehead atoms. The summed E-state index contributed by atoms with van der Waals surface area (Å²) in [5, 5.41) is 2.79. The first kappa shape index (κ1) is 24.3. The van der Waals surface area contributed by atoms with Gasteiger partial charge in [-0.25, -0.2) is 4.39 Å². The molecule has 0 saturated carbocycles. The number of halogens is 1. The molecule has 0 aromatic heterocycles. The lowest BCUT2D eigenvalue weighted by atomic mass is 9.91. The number of carbonyl (C=O) groups excluding carboxylic acids is 2. The summed E-state index contributed by atoms with van der Waals surface area (Å²) in [6.45, 7) is 8.78. The van der Waals surface area contributed by atoms with Crippen molar-refractivity contribution in [3.8, 4) is 0 Å². The molecule has 3 aliphatic rings. The number of amides is 1. The smallest absolute Gasteiger partial charge is 0.309 e. The fraction of sp³-hybridized carbons (Fsp3) is 0.379. The molecule has 36 heavy (non-hydrogen) atoms. The number of nitrogens with one attached hydrogen (secondary N) is 1. The second-order valence-corrected chi connectivity index (χ2v) is 10.1. The predicted molar refractivity (Wildman–Crippen MR) is 136 cm³/mol. The Morgan fingerprint density at radius 2 is 1.89 bits per heavy atom. The van der Waals surface area contributed by atoms with Crippen LogP contribution in [0.5, 0.6) is 0 Å². The zero-order chi connectivity index (χ0) is 25.4. The van der Waals surface area contributed by atoms with Gasteiger partial charge in [0.25, 0.3) is 5.91 Å². The number of rotatable bonds is 5.